The van der Waals surface area contributed by atoms with Crippen LogP contribution in [0.4, 0.5) is 4.79 Å². The molecule has 8 nitrogen and oxygen atoms in total. The highest BCUT2D eigenvalue weighted by atomic mass is 16.4. The average molecular weight is 257 g/mol. The predicted octanol–water partition coefficient (Wildman–Crippen LogP) is -1.14. The monoisotopic (exact) mass is 257 g/mol. The minimum absolute atomic E-state index is 0.0307. The highest BCUT2D eigenvalue weighted by Crippen LogP contribution is 2.02. The number of piperazine rings is 1. The van der Waals surface area contributed by atoms with E-state index < -0.39 is 23.8 Å². The smallest absolute Gasteiger partial charge is 0.320 e. The van der Waals surface area contributed by atoms with E-state index in [1.165, 1.54) is 11.9 Å². The summed E-state index contributed by atoms with van der Waals surface area (Å²) >= 11 is 0. The summed E-state index contributed by atoms with van der Waals surface area (Å²) in [6.45, 7) is -0.0564. The second-order valence-electron chi connectivity index (χ2n) is 4.03. The molecule has 0 radical (unpaired) electrons. The first-order valence-corrected chi connectivity index (χ1v) is 5.44. The van der Waals surface area contributed by atoms with E-state index in [-0.39, 0.29) is 26.1 Å². The number of carbonyl (C=O) groups excluding carboxylic acids is 3. The number of amides is 4. The summed E-state index contributed by atoms with van der Waals surface area (Å²) in [6, 6.07) is -0.455. The van der Waals surface area contributed by atoms with Gasteiger partial charge in [0.2, 0.25) is 11.8 Å². The average Bonchev–Trinajstić information content (AvgIpc) is 2.26. The van der Waals surface area contributed by atoms with Crippen LogP contribution in [-0.2, 0) is 14.4 Å². The molecule has 0 aromatic rings. The van der Waals surface area contributed by atoms with Gasteiger partial charge in [-0.1, -0.05) is 0 Å². The predicted molar refractivity (Wildman–Crippen MR) is 59.6 cm³/mol. The van der Waals surface area contributed by atoms with Gasteiger partial charge in [0, 0.05) is 20.0 Å². The van der Waals surface area contributed by atoms with Crippen molar-refractivity contribution in [2.75, 3.05) is 26.7 Å². The van der Waals surface area contributed by atoms with Crippen molar-refractivity contribution in [3.63, 3.8) is 0 Å². The molecule has 1 aliphatic rings. The Hall–Kier alpha value is -2.12. The lowest BCUT2D eigenvalue weighted by molar-refractivity contribution is -0.137. The number of carbonyl (C=O) groups is 4. The van der Waals surface area contributed by atoms with Gasteiger partial charge in [-0.2, -0.15) is 0 Å². The summed E-state index contributed by atoms with van der Waals surface area (Å²) in [4.78, 5) is 46.8. The molecule has 1 saturated heterocycles. The number of carboxylic acid groups (broad SMARTS) is 1. The van der Waals surface area contributed by atoms with Crippen LogP contribution in [0.15, 0.2) is 0 Å². The van der Waals surface area contributed by atoms with E-state index in [2.05, 4.69) is 5.32 Å². The Bertz CT molecular complexity index is 366. The lowest BCUT2D eigenvalue weighted by Gasteiger charge is -2.29. The number of aliphatic carboxylic acids is 1. The molecule has 18 heavy (non-hydrogen) atoms. The van der Waals surface area contributed by atoms with Gasteiger partial charge < -0.3 is 14.9 Å². The number of nitrogens with one attached hydrogen (secondary N) is 1. The van der Waals surface area contributed by atoms with Crippen LogP contribution in [-0.4, -0.2) is 65.4 Å². The maximum absolute atomic E-state index is 11.8. The molecule has 0 atom stereocenters. The van der Waals surface area contributed by atoms with Gasteiger partial charge in [-0.15, -0.1) is 0 Å². The molecule has 2 N–H and O–H groups in total. The Morgan fingerprint density at radius 2 is 1.89 bits per heavy atom. The molecule has 100 valence electrons. The summed E-state index contributed by atoms with van der Waals surface area (Å²) in [6.07, 6.45) is 0.294. The largest absolute Gasteiger partial charge is 0.481 e. The van der Waals surface area contributed by atoms with Crippen molar-refractivity contribution >= 4 is 23.8 Å². The Balaban J connectivity index is 2.45. The molecular formula is C10H15N3O5. The van der Waals surface area contributed by atoms with E-state index in [1.54, 1.807) is 0 Å². The number of imide groups is 1. The van der Waals surface area contributed by atoms with E-state index in [0.717, 1.165) is 4.90 Å². The number of rotatable bonds is 4. The maximum atomic E-state index is 11.8. The molecule has 0 aromatic heterocycles. The van der Waals surface area contributed by atoms with Crippen LogP contribution in [0.25, 0.3) is 0 Å². The normalized spacial score (nSPS) is 15.3. The molecule has 1 rings (SSSR count). The first-order valence-electron chi connectivity index (χ1n) is 5.44. The Kier molecular flexibility index (Phi) is 4.64. The Morgan fingerprint density at radius 3 is 2.39 bits per heavy atom. The molecule has 8 heteroatoms. The molecule has 4 amide bonds. The first-order chi connectivity index (χ1) is 8.40. The van der Waals surface area contributed by atoms with Crippen LogP contribution in [0.2, 0.25) is 0 Å². The fourth-order valence-corrected chi connectivity index (χ4v) is 1.58. The molecular weight excluding hydrogens is 242 g/mol. The standard InChI is InChI=1S/C10H15N3O5/c1-12(4-2-3-9(16)17)10(18)13-5-7(14)11-8(15)6-13/h2-6H2,1H3,(H,16,17)(H,11,14,15). The lowest BCUT2D eigenvalue weighted by atomic mass is 10.3. The molecule has 0 bridgehead atoms. The van der Waals surface area contributed by atoms with Crippen LogP contribution < -0.4 is 5.32 Å². The zero-order valence-electron chi connectivity index (χ0n) is 10.0. The van der Waals surface area contributed by atoms with E-state index in [1.807, 2.05) is 0 Å². The highest BCUT2D eigenvalue weighted by Gasteiger charge is 2.28. The molecule has 0 unspecified atom stereocenters. The van der Waals surface area contributed by atoms with Gasteiger partial charge in [-0.05, 0) is 6.42 Å². The maximum Gasteiger partial charge on any atom is 0.320 e. The molecule has 0 saturated carbocycles. The Morgan fingerprint density at radius 1 is 1.33 bits per heavy atom. The zero-order valence-corrected chi connectivity index (χ0v) is 10.0. The molecule has 0 aliphatic carbocycles. The van der Waals surface area contributed by atoms with Crippen LogP contribution in [0.1, 0.15) is 12.8 Å². The highest BCUT2D eigenvalue weighted by molar-refractivity contribution is 6.02. The molecule has 0 spiro atoms. The van der Waals surface area contributed by atoms with Crippen molar-refractivity contribution in [1.82, 2.24) is 15.1 Å². The van der Waals surface area contributed by atoms with E-state index in [4.69, 9.17) is 5.11 Å². The topological polar surface area (TPSA) is 107 Å². The van der Waals surface area contributed by atoms with Gasteiger partial charge in [0.15, 0.2) is 0 Å². The van der Waals surface area contributed by atoms with Crippen LogP contribution in [0.3, 0.4) is 0 Å². The third-order valence-corrected chi connectivity index (χ3v) is 2.43. The zero-order chi connectivity index (χ0) is 13.7. The van der Waals surface area contributed by atoms with Gasteiger partial charge in [0.05, 0.1) is 0 Å². The number of urea groups is 1. The number of hydrogen-bond acceptors (Lipinski definition) is 4. The van der Waals surface area contributed by atoms with E-state index >= 15 is 0 Å². The summed E-state index contributed by atoms with van der Waals surface area (Å²) in [5, 5.41) is 10.6. The summed E-state index contributed by atoms with van der Waals surface area (Å²) in [5.74, 6) is -1.96. The van der Waals surface area contributed by atoms with E-state index in [0.29, 0.717) is 6.42 Å². The first kappa shape index (κ1) is 13.9. The third kappa shape index (κ3) is 4.04. The van der Waals surface area contributed by atoms with Gasteiger partial charge >= 0.3 is 12.0 Å². The van der Waals surface area contributed by atoms with Crippen molar-refractivity contribution in [2.24, 2.45) is 0 Å². The lowest BCUT2D eigenvalue weighted by Crippen LogP contribution is -2.56. The van der Waals surface area contributed by atoms with Crippen LogP contribution >= 0.6 is 0 Å². The minimum Gasteiger partial charge on any atom is -0.481 e. The second-order valence-corrected chi connectivity index (χ2v) is 4.03. The second kappa shape index (κ2) is 5.99. The van der Waals surface area contributed by atoms with Crippen LogP contribution in [0, 0.1) is 0 Å². The molecule has 1 heterocycles. The number of nitrogens with zero attached hydrogens (tertiary/aromatic N) is 2. The van der Waals surface area contributed by atoms with Crippen molar-refractivity contribution < 1.29 is 24.3 Å². The summed E-state index contributed by atoms with van der Waals surface area (Å²) in [7, 11) is 1.50. The fourth-order valence-electron chi connectivity index (χ4n) is 1.58. The quantitative estimate of drug-likeness (QED) is 0.619. The van der Waals surface area contributed by atoms with Crippen molar-refractivity contribution in [2.45, 2.75) is 12.8 Å². The van der Waals surface area contributed by atoms with Crippen molar-refractivity contribution in [1.29, 1.82) is 0 Å². The molecule has 1 fully saturated rings. The summed E-state index contributed by atoms with van der Waals surface area (Å²) in [5.41, 5.74) is 0. The Labute approximate surface area is 104 Å². The van der Waals surface area contributed by atoms with E-state index in [9.17, 15) is 19.2 Å². The van der Waals surface area contributed by atoms with Gasteiger partial charge in [-0.3, -0.25) is 19.7 Å². The van der Waals surface area contributed by atoms with Crippen molar-refractivity contribution in [3.05, 3.63) is 0 Å². The summed E-state index contributed by atoms with van der Waals surface area (Å²) < 4.78 is 0. The van der Waals surface area contributed by atoms with Crippen LogP contribution in [0.5, 0.6) is 0 Å². The molecule has 1 aliphatic heterocycles. The molecule has 0 aromatic carbocycles. The van der Waals surface area contributed by atoms with Gasteiger partial charge in [0.25, 0.3) is 0 Å². The minimum atomic E-state index is -0.927. The fraction of sp³-hybridized carbons (Fsp3) is 0.600. The van der Waals surface area contributed by atoms with Gasteiger partial charge in [-0.25, -0.2) is 4.79 Å². The number of hydrogen-bond donors (Lipinski definition) is 2. The van der Waals surface area contributed by atoms with Crippen molar-refractivity contribution in [3.8, 4) is 0 Å². The van der Waals surface area contributed by atoms with Gasteiger partial charge in [0.1, 0.15) is 13.1 Å². The third-order valence-electron chi connectivity index (χ3n) is 2.43. The SMILES string of the molecule is CN(CCCC(=O)O)C(=O)N1CC(=O)NC(=O)C1. The number of carboxylic acids is 1.